The van der Waals surface area contributed by atoms with Crippen LogP contribution in [0.3, 0.4) is 0 Å². The SMILES string of the molecule is CCN(C)C(=O)C[C@@H]1O[C@H](CO)[C@@H](O)[C@@H]1O. The van der Waals surface area contributed by atoms with E-state index >= 15 is 0 Å². The molecule has 6 nitrogen and oxygen atoms in total. The molecule has 0 radical (unpaired) electrons. The highest BCUT2D eigenvalue weighted by Crippen LogP contribution is 2.23. The summed E-state index contributed by atoms with van der Waals surface area (Å²) in [4.78, 5) is 13.1. The molecule has 1 fully saturated rings. The molecule has 0 aliphatic carbocycles. The summed E-state index contributed by atoms with van der Waals surface area (Å²) in [5.41, 5.74) is 0. The van der Waals surface area contributed by atoms with Gasteiger partial charge in [0.15, 0.2) is 0 Å². The lowest BCUT2D eigenvalue weighted by molar-refractivity contribution is -0.134. The minimum absolute atomic E-state index is 0.0130. The quantitative estimate of drug-likeness (QED) is 0.540. The highest BCUT2D eigenvalue weighted by molar-refractivity contribution is 5.76. The largest absolute Gasteiger partial charge is 0.394 e. The van der Waals surface area contributed by atoms with Crippen molar-refractivity contribution in [2.24, 2.45) is 0 Å². The Labute approximate surface area is 94.4 Å². The van der Waals surface area contributed by atoms with E-state index in [4.69, 9.17) is 9.84 Å². The molecule has 1 heterocycles. The molecule has 1 rings (SSSR count). The number of ether oxygens (including phenoxy) is 1. The smallest absolute Gasteiger partial charge is 0.225 e. The lowest BCUT2D eigenvalue weighted by Gasteiger charge is -2.19. The third-order valence-electron chi connectivity index (χ3n) is 2.92. The minimum atomic E-state index is -1.13. The maximum absolute atomic E-state index is 11.6. The highest BCUT2D eigenvalue weighted by atomic mass is 16.6. The normalized spacial score (nSPS) is 34.1. The van der Waals surface area contributed by atoms with Crippen LogP contribution in [-0.2, 0) is 9.53 Å². The molecular weight excluding hydrogens is 214 g/mol. The fraction of sp³-hybridized carbons (Fsp3) is 0.900. The van der Waals surface area contributed by atoms with Gasteiger partial charge in [-0.3, -0.25) is 4.79 Å². The predicted octanol–water partition coefficient (Wildman–Crippen LogP) is -1.66. The van der Waals surface area contributed by atoms with Crippen molar-refractivity contribution in [3.8, 4) is 0 Å². The van der Waals surface area contributed by atoms with Crippen LogP contribution in [0, 0.1) is 0 Å². The van der Waals surface area contributed by atoms with Crippen molar-refractivity contribution in [2.45, 2.75) is 37.8 Å². The van der Waals surface area contributed by atoms with Crippen LogP contribution < -0.4 is 0 Å². The van der Waals surface area contributed by atoms with E-state index in [0.717, 1.165) is 0 Å². The molecule has 4 atom stereocenters. The number of hydrogen-bond acceptors (Lipinski definition) is 5. The summed E-state index contributed by atoms with van der Waals surface area (Å²) >= 11 is 0. The molecule has 1 aliphatic heterocycles. The van der Waals surface area contributed by atoms with Gasteiger partial charge in [0.25, 0.3) is 0 Å². The van der Waals surface area contributed by atoms with E-state index in [0.29, 0.717) is 6.54 Å². The van der Waals surface area contributed by atoms with Gasteiger partial charge in [0.1, 0.15) is 18.3 Å². The van der Waals surface area contributed by atoms with E-state index in [2.05, 4.69) is 0 Å². The first kappa shape index (κ1) is 13.4. The summed E-state index contributed by atoms with van der Waals surface area (Å²) < 4.78 is 5.20. The third kappa shape index (κ3) is 2.70. The van der Waals surface area contributed by atoms with Crippen molar-refractivity contribution >= 4 is 5.91 Å². The molecule has 0 aromatic rings. The summed E-state index contributed by atoms with van der Waals surface area (Å²) in [5.74, 6) is -0.155. The van der Waals surface area contributed by atoms with Gasteiger partial charge in [0, 0.05) is 13.6 Å². The van der Waals surface area contributed by atoms with Crippen LogP contribution in [0.1, 0.15) is 13.3 Å². The molecule has 1 aliphatic rings. The molecule has 6 heteroatoms. The van der Waals surface area contributed by atoms with Crippen LogP contribution in [0.4, 0.5) is 0 Å². The standard InChI is InChI=1S/C10H19NO5/c1-3-11(2)8(13)4-6-9(14)10(15)7(5-12)16-6/h6-7,9-10,12,14-15H,3-5H2,1-2H3/t6-,7+,9+,10+/m0/s1. The first-order valence-electron chi connectivity index (χ1n) is 5.37. The predicted molar refractivity (Wildman–Crippen MR) is 55.7 cm³/mol. The molecule has 0 bridgehead atoms. The lowest BCUT2D eigenvalue weighted by atomic mass is 10.1. The van der Waals surface area contributed by atoms with Crippen molar-refractivity contribution in [3.05, 3.63) is 0 Å². The zero-order valence-corrected chi connectivity index (χ0v) is 9.54. The summed E-state index contributed by atoms with van der Waals surface area (Å²) in [6.07, 6.45) is -3.78. The average molecular weight is 233 g/mol. The fourth-order valence-corrected chi connectivity index (χ4v) is 1.65. The molecule has 0 unspecified atom stereocenters. The molecule has 0 spiro atoms. The molecule has 94 valence electrons. The topological polar surface area (TPSA) is 90.2 Å². The number of aliphatic hydroxyl groups is 3. The first-order valence-corrected chi connectivity index (χ1v) is 5.37. The van der Waals surface area contributed by atoms with Crippen LogP contribution in [0.2, 0.25) is 0 Å². The summed E-state index contributed by atoms with van der Waals surface area (Å²) in [5, 5.41) is 28.0. The Hall–Kier alpha value is -0.690. The molecule has 3 N–H and O–H groups in total. The van der Waals surface area contributed by atoms with Crippen LogP contribution in [0.5, 0.6) is 0 Å². The number of rotatable bonds is 4. The first-order chi connectivity index (χ1) is 7.51. The number of carbonyl (C=O) groups is 1. The van der Waals surface area contributed by atoms with E-state index in [1.807, 2.05) is 6.92 Å². The second kappa shape index (κ2) is 5.58. The number of aliphatic hydroxyl groups excluding tert-OH is 3. The van der Waals surface area contributed by atoms with Gasteiger partial charge in [0.05, 0.1) is 19.1 Å². The van der Waals surface area contributed by atoms with Gasteiger partial charge in [-0.15, -0.1) is 0 Å². The summed E-state index contributed by atoms with van der Waals surface area (Å²) in [6, 6.07) is 0. The van der Waals surface area contributed by atoms with Gasteiger partial charge in [0.2, 0.25) is 5.91 Å². The number of hydrogen-bond donors (Lipinski definition) is 3. The Morgan fingerprint density at radius 3 is 2.31 bits per heavy atom. The number of carbonyl (C=O) groups excluding carboxylic acids is 1. The highest BCUT2D eigenvalue weighted by Gasteiger charge is 2.43. The van der Waals surface area contributed by atoms with Crippen molar-refractivity contribution in [2.75, 3.05) is 20.2 Å². The Morgan fingerprint density at radius 1 is 1.31 bits per heavy atom. The molecule has 0 aromatic carbocycles. The number of amides is 1. The Bertz CT molecular complexity index is 247. The molecule has 16 heavy (non-hydrogen) atoms. The van der Waals surface area contributed by atoms with E-state index in [-0.39, 0.29) is 18.9 Å². The maximum atomic E-state index is 11.6. The van der Waals surface area contributed by atoms with Crippen LogP contribution in [0.15, 0.2) is 0 Å². The Morgan fingerprint density at radius 2 is 1.88 bits per heavy atom. The maximum Gasteiger partial charge on any atom is 0.225 e. The van der Waals surface area contributed by atoms with Crippen LogP contribution in [-0.4, -0.2) is 70.7 Å². The van der Waals surface area contributed by atoms with E-state index in [1.165, 1.54) is 4.90 Å². The lowest BCUT2D eigenvalue weighted by Crippen LogP contribution is -2.36. The molecule has 0 saturated carbocycles. The molecule has 1 amide bonds. The molecular formula is C10H19NO5. The molecule has 1 saturated heterocycles. The monoisotopic (exact) mass is 233 g/mol. The third-order valence-corrected chi connectivity index (χ3v) is 2.92. The van der Waals surface area contributed by atoms with Gasteiger partial charge in [-0.2, -0.15) is 0 Å². The van der Waals surface area contributed by atoms with Crippen LogP contribution in [0.25, 0.3) is 0 Å². The fourth-order valence-electron chi connectivity index (χ4n) is 1.65. The second-order valence-electron chi connectivity index (χ2n) is 3.99. The zero-order valence-electron chi connectivity index (χ0n) is 9.54. The van der Waals surface area contributed by atoms with Crippen LogP contribution >= 0.6 is 0 Å². The Balaban J connectivity index is 2.53. The van der Waals surface area contributed by atoms with E-state index < -0.39 is 24.4 Å². The van der Waals surface area contributed by atoms with E-state index in [9.17, 15) is 15.0 Å². The summed E-state index contributed by atoms with van der Waals surface area (Å²) in [7, 11) is 1.66. The van der Waals surface area contributed by atoms with Crippen molar-refractivity contribution in [3.63, 3.8) is 0 Å². The average Bonchev–Trinajstić information content (AvgIpc) is 2.55. The molecule has 0 aromatic heterocycles. The van der Waals surface area contributed by atoms with Gasteiger partial charge >= 0.3 is 0 Å². The second-order valence-corrected chi connectivity index (χ2v) is 3.99. The van der Waals surface area contributed by atoms with Gasteiger partial charge in [-0.05, 0) is 6.92 Å². The Kier molecular flexibility index (Phi) is 4.67. The van der Waals surface area contributed by atoms with Crippen molar-refractivity contribution in [1.29, 1.82) is 0 Å². The number of nitrogens with zero attached hydrogens (tertiary/aromatic N) is 1. The van der Waals surface area contributed by atoms with Gasteiger partial charge < -0.3 is 25.0 Å². The zero-order chi connectivity index (χ0) is 12.3. The van der Waals surface area contributed by atoms with Crippen molar-refractivity contribution in [1.82, 2.24) is 4.90 Å². The summed E-state index contributed by atoms with van der Waals surface area (Å²) in [6.45, 7) is 2.05. The van der Waals surface area contributed by atoms with Gasteiger partial charge in [-0.1, -0.05) is 0 Å². The minimum Gasteiger partial charge on any atom is -0.394 e. The van der Waals surface area contributed by atoms with Gasteiger partial charge in [-0.25, -0.2) is 0 Å². The van der Waals surface area contributed by atoms with Crippen molar-refractivity contribution < 1.29 is 24.9 Å². The van der Waals surface area contributed by atoms with E-state index in [1.54, 1.807) is 7.05 Å².